The van der Waals surface area contributed by atoms with Gasteiger partial charge in [0, 0.05) is 17.4 Å². The van der Waals surface area contributed by atoms with Crippen molar-refractivity contribution < 1.29 is 8.78 Å². The summed E-state index contributed by atoms with van der Waals surface area (Å²) in [5.41, 5.74) is 3.47. The third-order valence-electron chi connectivity index (χ3n) is 3.38. The molecule has 0 unspecified atom stereocenters. The highest BCUT2D eigenvalue weighted by Crippen LogP contribution is 2.21. The zero-order valence-corrected chi connectivity index (χ0v) is 13.1. The molecular weight excluding hydrogens is 312 g/mol. The molecule has 24 heavy (non-hydrogen) atoms. The molecule has 5 nitrogen and oxygen atoms in total. The molecule has 0 aliphatic rings. The highest BCUT2D eigenvalue weighted by Gasteiger charge is 2.06. The summed E-state index contributed by atoms with van der Waals surface area (Å²) < 4.78 is 26.2. The van der Waals surface area contributed by atoms with Gasteiger partial charge >= 0.3 is 0 Å². The standard InChI is InChI=1S/C17H15F2N5/c1-10-3-6-15(11(2)7-10)22-16-9-20-24-17(23-16)21-12-4-5-13(18)14(19)8-12/h3-9H,1-2H3,(H2,21,22,23,24). The van der Waals surface area contributed by atoms with Crippen molar-refractivity contribution in [2.45, 2.75) is 13.8 Å². The molecule has 3 rings (SSSR count). The van der Waals surface area contributed by atoms with Crippen LogP contribution in [0.25, 0.3) is 0 Å². The van der Waals surface area contributed by atoms with Gasteiger partial charge in [0.15, 0.2) is 17.5 Å². The molecule has 0 saturated heterocycles. The molecule has 0 amide bonds. The van der Waals surface area contributed by atoms with Crippen LogP contribution in [0.5, 0.6) is 0 Å². The first-order valence-corrected chi connectivity index (χ1v) is 7.27. The monoisotopic (exact) mass is 327 g/mol. The zero-order valence-electron chi connectivity index (χ0n) is 13.1. The smallest absolute Gasteiger partial charge is 0.249 e. The highest BCUT2D eigenvalue weighted by atomic mass is 19.2. The van der Waals surface area contributed by atoms with Crippen LogP contribution in [0.4, 0.5) is 31.9 Å². The Morgan fingerprint density at radius 1 is 0.917 bits per heavy atom. The van der Waals surface area contributed by atoms with E-state index in [9.17, 15) is 8.78 Å². The molecule has 3 aromatic rings. The number of aryl methyl sites for hydroxylation is 2. The summed E-state index contributed by atoms with van der Waals surface area (Å²) in [5, 5.41) is 13.6. The van der Waals surface area contributed by atoms with Crippen molar-refractivity contribution in [2.24, 2.45) is 0 Å². The maximum absolute atomic E-state index is 13.2. The molecule has 7 heteroatoms. The lowest BCUT2D eigenvalue weighted by atomic mass is 10.1. The van der Waals surface area contributed by atoms with E-state index in [2.05, 4.69) is 31.9 Å². The van der Waals surface area contributed by atoms with E-state index in [1.54, 1.807) is 0 Å². The average Bonchev–Trinajstić information content (AvgIpc) is 2.54. The molecule has 0 spiro atoms. The quantitative estimate of drug-likeness (QED) is 0.750. The molecular formula is C17H15F2N5. The number of benzene rings is 2. The molecule has 0 aliphatic carbocycles. The van der Waals surface area contributed by atoms with Gasteiger partial charge in [-0.3, -0.25) is 0 Å². The summed E-state index contributed by atoms with van der Waals surface area (Å²) in [6, 6.07) is 9.45. The van der Waals surface area contributed by atoms with Gasteiger partial charge in [-0.05, 0) is 37.6 Å². The molecule has 1 heterocycles. The van der Waals surface area contributed by atoms with Crippen molar-refractivity contribution in [3.63, 3.8) is 0 Å². The second-order valence-corrected chi connectivity index (χ2v) is 5.36. The van der Waals surface area contributed by atoms with E-state index in [1.807, 2.05) is 26.0 Å². The van der Waals surface area contributed by atoms with Crippen LogP contribution in [0.1, 0.15) is 11.1 Å². The van der Waals surface area contributed by atoms with Gasteiger partial charge in [-0.2, -0.15) is 10.1 Å². The Morgan fingerprint density at radius 2 is 1.75 bits per heavy atom. The van der Waals surface area contributed by atoms with Crippen LogP contribution in [-0.2, 0) is 0 Å². The molecule has 0 atom stereocenters. The molecule has 1 aromatic heterocycles. The normalized spacial score (nSPS) is 10.5. The number of anilines is 4. The van der Waals surface area contributed by atoms with Gasteiger partial charge in [-0.1, -0.05) is 17.7 Å². The number of nitrogens with zero attached hydrogens (tertiary/aromatic N) is 3. The first-order chi connectivity index (χ1) is 11.5. The van der Waals surface area contributed by atoms with Gasteiger partial charge in [0.1, 0.15) is 0 Å². The summed E-state index contributed by atoms with van der Waals surface area (Å²) in [7, 11) is 0. The van der Waals surface area contributed by atoms with E-state index in [0.29, 0.717) is 11.5 Å². The number of hydrogen-bond donors (Lipinski definition) is 2. The fraction of sp³-hybridized carbons (Fsp3) is 0.118. The van der Waals surface area contributed by atoms with E-state index in [-0.39, 0.29) is 5.95 Å². The third-order valence-corrected chi connectivity index (χ3v) is 3.38. The topological polar surface area (TPSA) is 62.7 Å². The van der Waals surface area contributed by atoms with E-state index >= 15 is 0 Å². The SMILES string of the molecule is Cc1ccc(Nc2cnnc(Nc3ccc(F)c(F)c3)n2)c(C)c1. The Hall–Kier alpha value is -3.09. The number of hydrogen-bond acceptors (Lipinski definition) is 5. The predicted molar refractivity (Wildman–Crippen MR) is 88.7 cm³/mol. The zero-order chi connectivity index (χ0) is 17.1. The Morgan fingerprint density at radius 3 is 2.50 bits per heavy atom. The van der Waals surface area contributed by atoms with Gasteiger partial charge in [-0.15, -0.1) is 5.10 Å². The molecule has 0 fully saturated rings. The fourth-order valence-corrected chi connectivity index (χ4v) is 2.21. The molecule has 2 N–H and O–H groups in total. The summed E-state index contributed by atoms with van der Waals surface area (Å²) in [6.07, 6.45) is 1.48. The van der Waals surface area contributed by atoms with E-state index < -0.39 is 11.6 Å². The predicted octanol–water partition coefficient (Wildman–Crippen LogP) is 4.25. The maximum atomic E-state index is 13.2. The molecule has 0 radical (unpaired) electrons. The van der Waals surface area contributed by atoms with Crippen molar-refractivity contribution in [3.8, 4) is 0 Å². The summed E-state index contributed by atoms with van der Waals surface area (Å²) in [6.45, 7) is 4.01. The molecule has 0 aliphatic heterocycles. The van der Waals surface area contributed by atoms with Crippen molar-refractivity contribution in [1.29, 1.82) is 0 Å². The van der Waals surface area contributed by atoms with Crippen LogP contribution >= 0.6 is 0 Å². The minimum atomic E-state index is -0.947. The Kier molecular flexibility index (Phi) is 4.33. The molecule has 122 valence electrons. The number of aromatic nitrogens is 3. The first kappa shape index (κ1) is 15.8. The van der Waals surface area contributed by atoms with Crippen LogP contribution in [0, 0.1) is 25.5 Å². The minimum absolute atomic E-state index is 0.177. The highest BCUT2D eigenvalue weighted by molar-refractivity contribution is 5.62. The van der Waals surface area contributed by atoms with Crippen molar-refractivity contribution >= 4 is 23.1 Å². The van der Waals surface area contributed by atoms with Crippen molar-refractivity contribution in [2.75, 3.05) is 10.6 Å². The summed E-state index contributed by atoms with van der Waals surface area (Å²) in [5.74, 6) is -1.19. The van der Waals surface area contributed by atoms with Crippen LogP contribution in [0.15, 0.2) is 42.6 Å². The summed E-state index contributed by atoms with van der Waals surface area (Å²) in [4.78, 5) is 4.27. The van der Waals surface area contributed by atoms with Crippen LogP contribution < -0.4 is 10.6 Å². The number of nitrogens with one attached hydrogen (secondary N) is 2. The van der Waals surface area contributed by atoms with Crippen molar-refractivity contribution in [3.05, 3.63) is 65.4 Å². The van der Waals surface area contributed by atoms with E-state index in [0.717, 1.165) is 23.4 Å². The number of rotatable bonds is 4. The Labute approximate surface area is 137 Å². The minimum Gasteiger partial charge on any atom is -0.339 e. The lowest BCUT2D eigenvalue weighted by Crippen LogP contribution is -2.03. The van der Waals surface area contributed by atoms with Gasteiger partial charge in [0.25, 0.3) is 0 Å². The van der Waals surface area contributed by atoms with Crippen LogP contribution in [0.3, 0.4) is 0 Å². The lowest BCUT2D eigenvalue weighted by Gasteiger charge is -2.10. The molecule has 2 aromatic carbocycles. The molecule has 0 bridgehead atoms. The lowest BCUT2D eigenvalue weighted by molar-refractivity contribution is 0.509. The molecule has 0 saturated carbocycles. The Bertz CT molecular complexity index is 883. The maximum Gasteiger partial charge on any atom is 0.249 e. The van der Waals surface area contributed by atoms with E-state index in [1.165, 1.54) is 17.8 Å². The fourth-order valence-electron chi connectivity index (χ4n) is 2.21. The second kappa shape index (κ2) is 6.57. The first-order valence-electron chi connectivity index (χ1n) is 7.27. The average molecular weight is 327 g/mol. The van der Waals surface area contributed by atoms with Gasteiger partial charge in [0.05, 0.1) is 6.20 Å². The number of halogens is 2. The third kappa shape index (κ3) is 3.62. The summed E-state index contributed by atoms with van der Waals surface area (Å²) >= 11 is 0. The second-order valence-electron chi connectivity index (χ2n) is 5.36. The van der Waals surface area contributed by atoms with Crippen LogP contribution in [0.2, 0.25) is 0 Å². The van der Waals surface area contributed by atoms with Gasteiger partial charge in [0.2, 0.25) is 5.95 Å². The van der Waals surface area contributed by atoms with Gasteiger partial charge in [-0.25, -0.2) is 8.78 Å². The van der Waals surface area contributed by atoms with E-state index in [4.69, 9.17) is 0 Å². The Balaban J connectivity index is 1.79. The largest absolute Gasteiger partial charge is 0.339 e. The van der Waals surface area contributed by atoms with Crippen LogP contribution in [-0.4, -0.2) is 15.2 Å². The van der Waals surface area contributed by atoms with Gasteiger partial charge < -0.3 is 10.6 Å². The van der Waals surface area contributed by atoms with Crippen molar-refractivity contribution in [1.82, 2.24) is 15.2 Å².